The molecule has 0 saturated carbocycles. The van der Waals surface area contributed by atoms with Crippen LogP contribution in [0, 0.1) is 6.92 Å². The van der Waals surface area contributed by atoms with Crippen LogP contribution < -0.4 is 20.1 Å². The molecular formula is C30H33N5O4. The smallest absolute Gasteiger partial charge is 0.322 e. The molecular weight excluding hydrogens is 494 g/mol. The number of aromatic nitrogens is 2. The molecule has 0 spiro atoms. The van der Waals surface area contributed by atoms with Crippen LogP contribution in [0.1, 0.15) is 19.0 Å². The van der Waals surface area contributed by atoms with Gasteiger partial charge in [-0.15, -0.1) is 0 Å². The third-order valence-electron chi connectivity index (χ3n) is 6.16. The van der Waals surface area contributed by atoms with Gasteiger partial charge in [0.15, 0.2) is 0 Å². The van der Waals surface area contributed by atoms with Crippen molar-refractivity contribution in [3.05, 3.63) is 84.6 Å². The summed E-state index contributed by atoms with van der Waals surface area (Å²) in [6.45, 7) is 4.12. The lowest BCUT2D eigenvalue weighted by Crippen LogP contribution is -2.41. The number of urea groups is 1. The monoisotopic (exact) mass is 527 g/mol. The molecule has 0 aliphatic heterocycles. The fourth-order valence-electron chi connectivity index (χ4n) is 4.31. The van der Waals surface area contributed by atoms with Crippen molar-refractivity contribution in [2.24, 2.45) is 0 Å². The van der Waals surface area contributed by atoms with Crippen molar-refractivity contribution in [2.45, 2.75) is 20.3 Å². The molecule has 1 heterocycles. The maximum Gasteiger partial charge on any atom is 0.322 e. The largest absolute Gasteiger partial charge is 0.497 e. The minimum Gasteiger partial charge on any atom is -0.497 e. The molecule has 4 rings (SSSR count). The quantitative estimate of drug-likeness (QED) is 0.274. The van der Waals surface area contributed by atoms with E-state index in [0.717, 1.165) is 22.5 Å². The minimum absolute atomic E-state index is 0.143. The van der Waals surface area contributed by atoms with E-state index in [0.29, 0.717) is 36.0 Å². The number of nitrogens with zero attached hydrogens (tertiary/aromatic N) is 3. The van der Waals surface area contributed by atoms with Crippen LogP contribution in [0.2, 0.25) is 0 Å². The van der Waals surface area contributed by atoms with E-state index in [1.165, 1.54) is 4.90 Å². The highest BCUT2D eigenvalue weighted by Crippen LogP contribution is 2.34. The molecule has 9 heteroatoms. The van der Waals surface area contributed by atoms with Gasteiger partial charge in [0.25, 0.3) is 0 Å². The number of carbonyl (C=O) groups is 2. The first-order chi connectivity index (χ1) is 18.9. The highest BCUT2D eigenvalue weighted by Gasteiger charge is 2.23. The average molecular weight is 528 g/mol. The van der Waals surface area contributed by atoms with Gasteiger partial charge in [0.05, 0.1) is 31.3 Å². The van der Waals surface area contributed by atoms with Crippen molar-refractivity contribution in [3.63, 3.8) is 0 Å². The molecule has 0 radical (unpaired) electrons. The number of aryl methyl sites for hydroxylation is 1. The fraction of sp³-hybridized carbons (Fsp3) is 0.233. The van der Waals surface area contributed by atoms with Gasteiger partial charge in [-0.3, -0.25) is 4.79 Å². The first-order valence-electron chi connectivity index (χ1n) is 12.7. The lowest BCUT2D eigenvalue weighted by atomic mass is 10.1. The number of para-hydroxylation sites is 2. The maximum absolute atomic E-state index is 13.4. The second-order valence-electron chi connectivity index (χ2n) is 8.89. The number of carbonyl (C=O) groups excluding carboxylic acids is 2. The van der Waals surface area contributed by atoms with Gasteiger partial charge in [-0.1, -0.05) is 49.4 Å². The van der Waals surface area contributed by atoms with E-state index in [2.05, 4.69) is 10.6 Å². The van der Waals surface area contributed by atoms with E-state index in [1.807, 2.05) is 80.6 Å². The van der Waals surface area contributed by atoms with E-state index in [1.54, 1.807) is 31.0 Å². The molecule has 0 unspecified atom stereocenters. The molecule has 0 saturated heterocycles. The van der Waals surface area contributed by atoms with Crippen molar-refractivity contribution < 1.29 is 19.1 Å². The highest BCUT2D eigenvalue weighted by atomic mass is 16.5. The zero-order valence-electron chi connectivity index (χ0n) is 22.6. The topological polar surface area (TPSA) is 97.7 Å². The third-order valence-corrected chi connectivity index (χ3v) is 6.16. The summed E-state index contributed by atoms with van der Waals surface area (Å²) in [5.74, 6) is 1.44. The minimum atomic E-state index is -0.389. The zero-order chi connectivity index (χ0) is 27.8. The number of nitrogens with one attached hydrogen (secondary N) is 2. The molecule has 0 aliphatic rings. The molecule has 2 N–H and O–H groups in total. The molecule has 3 amide bonds. The first-order valence-corrected chi connectivity index (χ1v) is 12.7. The Morgan fingerprint density at radius 1 is 0.897 bits per heavy atom. The normalized spacial score (nSPS) is 10.6. The van der Waals surface area contributed by atoms with Crippen LogP contribution in [0.3, 0.4) is 0 Å². The summed E-state index contributed by atoms with van der Waals surface area (Å²) in [4.78, 5) is 28.1. The van der Waals surface area contributed by atoms with Gasteiger partial charge in [0.1, 0.15) is 23.9 Å². The Morgan fingerprint density at radius 3 is 2.26 bits per heavy atom. The number of hydrogen-bond donors (Lipinski definition) is 2. The lowest BCUT2D eigenvalue weighted by Gasteiger charge is -2.23. The summed E-state index contributed by atoms with van der Waals surface area (Å²) in [7, 11) is 3.15. The molecule has 0 bridgehead atoms. The van der Waals surface area contributed by atoms with Gasteiger partial charge in [0, 0.05) is 12.1 Å². The maximum atomic E-state index is 13.4. The van der Waals surface area contributed by atoms with Crippen LogP contribution in [0.5, 0.6) is 11.5 Å². The van der Waals surface area contributed by atoms with Gasteiger partial charge in [-0.05, 0) is 55.3 Å². The Labute approximate surface area is 228 Å². The second-order valence-corrected chi connectivity index (χ2v) is 8.89. The van der Waals surface area contributed by atoms with Gasteiger partial charge >= 0.3 is 6.03 Å². The van der Waals surface area contributed by atoms with Gasteiger partial charge in [-0.25, -0.2) is 9.48 Å². The number of benzene rings is 3. The van der Waals surface area contributed by atoms with E-state index >= 15 is 0 Å². The summed E-state index contributed by atoms with van der Waals surface area (Å²) < 4.78 is 12.3. The van der Waals surface area contributed by atoms with Crippen molar-refractivity contribution in [1.29, 1.82) is 0 Å². The van der Waals surface area contributed by atoms with Gasteiger partial charge < -0.3 is 25.0 Å². The number of amides is 3. The van der Waals surface area contributed by atoms with E-state index in [4.69, 9.17) is 14.6 Å². The molecule has 0 aliphatic carbocycles. The summed E-state index contributed by atoms with van der Waals surface area (Å²) in [5, 5.41) is 10.6. The van der Waals surface area contributed by atoms with E-state index in [-0.39, 0.29) is 18.5 Å². The first kappa shape index (κ1) is 27.3. The molecule has 4 aromatic rings. The number of anilines is 2. The molecule has 1 aromatic heterocycles. The summed E-state index contributed by atoms with van der Waals surface area (Å²) in [6, 6.07) is 24.0. The number of ether oxygens (including phenoxy) is 2. The highest BCUT2D eigenvalue weighted by molar-refractivity contribution is 5.99. The standard InChI is InChI=1S/C30H33N5O4/c1-5-19-34(30(37)31-25-13-9-10-14-26(25)39-4)20-27(36)32-29-28(22-11-7-6-8-12-22)21(2)33-35(29)23-15-17-24(38-3)18-16-23/h6-18H,5,19-20H2,1-4H3,(H,31,37)(H,32,36). The molecule has 202 valence electrons. The van der Waals surface area contributed by atoms with Crippen LogP contribution in [-0.2, 0) is 4.79 Å². The van der Waals surface area contributed by atoms with E-state index in [9.17, 15) is 9.59 Å². The number of hydrogen-bond acceptors (Lipinski definition) is 5. The Hall–Kier alpha value is -4.79. The van der Waals surface area contributed by atoms with Crippen LogP contribution in [0.25, 0.3) is 16.8 Å². The van der Waals surface area contributed by atoms with Crippen LogP contribution in [0.4, 0.5) is 16.3 Å². The van der Waals surface area contributed by atoms with Gasteiger partial charge in [0.2, 0.25) is 5.91 Å². The number of rotatable bonds is 10. The Kier molecular flexibility index (Phi) is 8.83. The average Bonchev–Trinajstić information content (AvgIpc) is 3.28. The van der Waals surface area contributed by atoms with Crippen molar-refractivity contribution >= 4 is 23.4 Å². The lowest BCUT2D eigenvalue weighted by molar-refractivity contribution is -0.116. The van der Waals surface area contributed by atoms with Crippen molar-refractivity contribution in [2.75, 3.05) is 37.9 Å². The number of methoxy groups -OCH3 is 2. The SMILES string of the molecule is CCCN(CC(=O)Nc1c(-c2ccccc2)c(C)nn1-c1ccc(OC)cc1)C(=O)Nc1ccccc1OC. The second kappa shape index (κ2) is 12.6. The predicted octanol–water partition coefficient (Wildman–Crippen LogP) is 5.75. The van der Waals surface area contributed by atoms with E-state index < -0.39 is 0 Å². The fourth-order valence-corrected chi connectivity index (χ4v) is 4.31. The summed E-state index contributed by atoms with van der Waals surface area (Å²) >= 11 is 0. The molecule has 0 atom stereocenters. The Morgan fingerprint density at radius 2 is 1.59 bits per heavy atom. The summed E-state index contributed by atoms with van der Waals surface area (Å²) in [6.07, 6.45) is 0.685. The summed E-state index contributed by atoms with van der Waals surface area (Å²) in [5.41, 5.74) is 3.78. The van der Waals surface area contributed by atoms with Crippen LogP contribution >= 0.6 is 0 Å². The molecule has 0 fully saturated rings. The van der Waals surface area contributed by atoms with Gasteiger partial charge in [-0.2, -0.15) is 5.10 Å². The Balaban J connectivity index is 1.63. The van der Waals surface area contributed by atoms with Crippen molar-refractivity contribution in [1.82, 2.24) is 14.7 Å². The van der Waals surface area contributed by atoms with Crippen molar-refractivity contribution in [3.8, 4) is 28.3 Å². The van der Waals surface area contributed by atoms with Crippen LogP contribution in [-0.4, -0.2) is 53.9 Å². The zero-order valence-corrected chi connectivity index (χ0v) is 22.6. The van der Waals surface area contributed by atoms with Crippen LogP contribution in [0.15, 0.2) is 78.9 Å². The molecule has 3 aromatic carbocycles. The molecule has 39 heavy (non-hydrogen) atoms. The molecule has 9 nitrogen and oxygen atoms in total. The Bertz CT molecular complexity index is 1420. The predicted molar refractivity (Wildman–Crippen MR) is 153 cm³/mol. The third kappa shape index (κ3) is 6.38.